The summed E-state index contributed by atoms with van der Waals surface area (Å²) in [5.74, 6) is 2.17. The summed E-state index contributed by atoms with van der Waals surface area (Å²) < 4.78 is 12.8. The molecule has 0 saturated heterocycles. The van der Waals surface area contributed by atoms with Gasteiger partial charge in [-0.2, -0.15) is 11.8 Å². The number of rotatable bonds is 14. The Morgan fingerprint density at radius 1 is 1.23 bits per heavy atom. The first kappa shape index (κ1) is 32.5. The maximum atomic E-state index is 12.6. The molecule has 0 aliphatic heterocycles. The molecule has 0 radical (unpaired) electrons. The molecule has 3 atom stereocenters. The number of benzene rings is 1. The number of allylic oxidation sites excluding steroid dienone is 3. The van der Waals surface area contributed by atoms with Gasteiger partial charge in [0.05, 0.1) is 29.2 Å². The smallest absolute Gasteiger partial charge is 0.315 e. The molecule has 3 rings (SSSR count). The Hall–Kier alpha value is -1.03. The van der Waals surface area contributed by atoms with Crippen LogP contribution in [0.3, 0.4) is 0 Å². The van der Waals surface area contributed by atoms with Gasteiger partial charge in [0.2, 0.25) is 0 Å². The second kappa shape index (κ2) is 14.7. The molecule has 0 spiro atoms. The summed E-state index contributed by atoms with van der Waals surface area (Å²) in [6.07, 6.45) is 10.7. The van der Waals surface area contributed by atoms with E-state index in [4.69, 9.17) is 16.0 Å². The highest BCUT2D eigenvalue weighted by Gasteiger charge is 2.39. The number of halogens is 1. The highest BCUT2D eigenvalue weighted by atomic mass is 35.5. The highest BCUT2D eigenvalue weighted by Crippen LogP contribution is 2.40. The van der Waals surface area contributed by atoms with E-state index in [1.54, 1.807) is 40.9 Å². The normalized spacial score (nSPS) is 18.9. The number of hydrogen-bond acceptors (Lipinski definition) is 7. The van der Waals surface area contributed by atoms with Gasteiger partial charge < -0.3 is 9.16 Å². The molecule has 1 aliphatic rings. The molecule has 2 aromatic rings. The summed E-state index contributed by atoms with van der Waals surface area (Å²) in [7, 11) is -0.601. The highest BCUT2D eigenvalue weighted by molar-refractivity contribution is 8.01. The van der Waals surface area contributed by atoms with Crippen LogP contribution < -0.4 is 0 Å². The molecule has 1 aliphatic carbocycles. The van der Waals surface area contributed by atoms with Gasteiger partial charge in [0.15, 0.2) is 14.1 Å². The first-order chi connectivity index (χ1) is 18.4. The average molecular weight is 625 g/mol. The first-order valence-corrected chi connectivity index (χ1v) is 19.7. The standard InChI is InChI=1S/C30H41ClO4S3Si/c1-30(2,3)39(5,6)35-22(15-17-26-28(31)23-10-7-8-11-25(23)38-26)14-12-21-13-16-24(32)29(21)37-19-9-18-36-20-27(33)34-4/h7-8,10-14,16,21-22,29H,9,15,17-20H2,1-6H3. The van der Waals surface area contributed by atoms with Gasteiger partial charge in [-0.1, -0.05) is 68.8 Å². The molecule has 0 fully saturated rings. The number of thioether (sulfide) groups is 2. The summed E-state index contributed by atoms with van der Waals surface area (Å²) >= 11 is 11.8. The lowest BCUT2D eigenvalue weighted by Gasteiger charge is -2.38. The summed E-state index contributed by atoms with van der Waals surface area (Å²) in [6, 6.07) is 8.29. The number of carbonyl (C=O) groups is 2. The van der Waals surface area contributed by atoms with E-state index in [0.29, 0.717) is 5.75 Å². The molecule has 1 aromatic heterocycles. The number of esters is 1. The number of fused-ring (bicyclic) bond motifs is 1. The maximum Gasteiger partial charge on any atom is 0.315 e. The largest absolute Gasteiger partial charge is 0.468 e. The van der Waals surface area contributed by atoms with Crippen molar-refractivity contribution in [2.45, 2.75) is 69.5 Å². The van der Waals surface area contributed by atoms with Gasteiger partial charge in [0.25, 0.3) is 0 Å². The van der Waals surface area contributed by atoms with Gasteiger partial charge in [-0.05, 0) is 61.0 Å². The lowest BCUT2D eigenvalue weighted by molar-refractivity contribution is -0.137. The van der Waals surface area contributed by atoms with E-state index in [1.807, 2.05) is 12.1 Å². The molecule has 214 valence electrons. The lowest BCUT2D eigenvalue weighted by atomic mass is 10.1. The van der Waals surface area contributed by atoms with Gasteiger partial charge in [-0.15, -0.1) is 23.1 Å². The Kier molecular flexibility index (Phi) is 12.3. The first-order valence-electron chi connectivity index (χ1n) is 13.4. The van der Waals surface area contributed by atoms with Gasteiger partial charge in [-0.25, -0.2) is 0 Å². The van der Waals surface area contributed by atoms with E-state index >= 15 is 0 Å². The third kappa shape index (κ3) is 9.23. The molecule has 4 nitrogen and oxygen atoms in total. The average Bonchev–Trinajstić information content (AvgIpc) is 3.40. The third-order valence-electron chi connectivity index (χ3n) is 7.35. The second-order valence-corrected chi connectivity index (χ2v) is 19.9. The van der Waals surface area contributed by atoms with E-state index in [2.05, 4.69) is 69.0 Å². The minimum Gasteiger partial charge on any atom is -0.468 e. The van der Waals surface area contributed by atoms with Crippen LogP contribution in [-0.4, -0.2) is 55.8 Å². The fraction of sp³-hybridized carbons (Fsp3) is 0.533. The van der Waals surface area contributed by atoms with Crippen molar-refractivity contribution in [2.75, 3.05) is 24.4 Å². The van der Waals surface area contributed by atoms with Crippen LogP contribution >= 0.6 is 46.5 Å². The number of aryl methyl sites for hydroxylation is 1. The van der Waals surface area contributed by atoms with Gasteiger partial charge in [0, 0.05) is 20.9 Å². The third-order valence-corrected chi connectivity index (χ3v) is 16.1. The maximum absolute atomic E-state index is 12.6. The minimum atomic E-state index is -2.01. The molecule has 1 aromatic carbocycles. The topological polar surface area (TPSA) is 52.6 Å². The SMILES string of the molecule is COC(=O)CSCCCSC1C(=O)C=CC1C=CC(CCc1sc2ccccc2c1Cl)O[Si](C)(C)C(C)(C)C. The van der Waals surface area contributed by atoms with Gasteiger partial charge in [0.1, 0.15) is 0 Å². The van der Waals surface area contributed by atoms with E-state index in [1.165, 1.54) is 16.7 Å². The van der Waals surface area contributed by atoms with Crippen LogP contribution in [0.5, 0.6) is 0 Å². The summed E-state index contributed by atoms with van der Waals surface area (Å²) in [4.78, 5) is 25.1. The van der Waals surface area contributed by atoms with Crippen molar-refractivity contribution < 1.29 is 18.8 Å². The van der Waals surface area contributed by atoms with Crippen molar-refractivity contribution in [1.82, 2.24) is 0 Å². The van der Waals surface area contributed by atoms with Crippen molar-refractivity contribution >= 4 is 76.6 Å². The van der Waals surface area contributed by atoms with Crippen LogP contribution in [0.2, 0.25) is 23.2 Å². The molecule has 0 amide bonds. The van der Waals surface area contributed by atoms with Crippen LogP contribution in [0.1, 0.15) is 38.5 Å². The molecule has 9 heteroatoms. The van der Waals surface area contributed by atoms with E-state index in [9.17, 15) is 9.59 Å². The number of carbonyl (C=O) groups excluding carboxylic acids is 2. The van der Waals surface area contributed by atoms with Crippen molar-refractivity contribution in [3.05, 3.63) is 58.5 Å². The van der Waals surface area contributed by atoms with Crippen molar-refractivity contribution in [3.63, 3.8) is 0 Å². The fourth-order valence-corrected chi connectivity index (χ4v) is 9.06. The molecular formula is C30H41ClO4S3Si. The van der Waals surface area contributed by atoms with Crippen molar-refractivity contribution in [3.8, 4) is 0 Å². The predicted molar refractivity (Wildman–Crippen MR) is 174 cm³/mol. The number of ketones is 1. The zero-order valence-electron chi connectivity index (χ0n) is 23.8. The number of methoxy groups -OCH3 is 1. The molecule has 0 bridgehead atoms. The molecule has 0 N–H and O–H groups in total. The van der Waals surface area contributed by atoms with E-state index in [-0.39, 0.29) is 34.1 Å². The van der Waals surface area contributed by atoms with Crippen molar-refractivity contribution in [2.24, 2.45) is 5.92 Å². The molecular weight excluding hydrogens is 584 g/mol. The summed E-state index contributed by atoms with van der Waals surface area (Å²) in [5.41, 5.74) is 0. The quantitative estimate of drug-likeness (QED) is 0.0908. The van der Waals surface area contributed by atoms with Crippen molar-refractivity contribution in [1.29, 1.82) is 0 Å². The Labute approximate surface area is 252 Å². The van der Waals surface area contributed by atoms with Crippen LogP contribution in [0, 0.1) is 5.92 Å². The Morgan fingerprint density at radius 2 is 1.97 bits per heavy atom. The lowest BCUT2D eigenvalue weighted by Crippen LogP contribution is -2.43. The fourth-order valence-electron chi connectivity index (χ4n) is 4.04. The Balaban J connectivity index is 1.65. The van der Waals surface area contributed by atoms with E-state index < -0.39 is 8.32 Å². The van der Waals surface area contributed by atoms with Crippen LogP contribution in [0.4, 0.5) is 0 Å². The molecule has 1 heterocycles. The number of hydrogen-bond donors (Lipinski definition) is 0. The summed E-state index contributed by atoms with van der Waals surface area (Å²) in [5, 5.41) is 1.98. The van der Waals surface area contributed by atoms with Crippen LogP contribution in [0.15, 0.2) is 48.6 Å². The summed E-state index contributed by atoms with van der Waals surface area (Å²) in [6.45, 7) is 11.4. The van der Waals surface area contributed by atoms with Crippen LogP contribution in [-0.2, 0) is 25.2 Å². The number of thiophene rings is 1. The second-order valence-electron chi connectivity index (χ2n) is 11.3. The number of ether oxygens (including phenoxy) is 1. The zero-order chi connectivity index (χ0) is 28.6. The predicted octanol–water partition coefficient (Wildman–Crippen LogP) is 8.59. The Morgan fingerprint density at radius 3 is 2.67 bits per heavy atom. The molecule has 3 unspecified atom stereocenters. The van der Waals surface area contributed by atoms with E-state index in [0.717, 1.165) is 41.2 Å². The zero-order valence-corrected chi connectivity index (χ0v) is 28.0. The van der Waals surface area contributed by atoms with Gasteiger partial charge >= 0.3 is 5.97 Å². The van der Waals surface area contributed by atoms with Gasteiger partial charge in [-0.3, -0.25) is 9.59 Å². The monoisotopic (exact) mass is 624 g/mol. The van der Waals surface area contributed by atoms with Crippen LogP contribution in [0.25, 0.3) is 10.1 Å². The minimum absolute atomic E-state index is 0.0448. The molecule has 0 saturated carbocycles. The Bertz CT molecular complexity index is 1180. The molecule has 39 heavy (non-hydrogen) atoms.